The Bertz CT molecular complexity index is 733. The lowest BCUT2D eigenvalue weighted by Gasteiger charge is -2.23. The first-order valence-corrected chi connectivity index (χ1v) is 10.4. The van der Waals surface area contributed by atoms with Crippen LogP contribution in [0.4, 0.5) is 0 Å². The second-order valence-electron chi connectivity index (χ2n) is 6.02. The highest BCUT2D eigenvalue weighted by Gasteiger charge is 2.15. The van der Waals surface area contributed by atoms with Crippen LogP contribution in [-0.4, -0.2) is 19.5 Å². The summed E-state index contributed by atoms with van der Waals surface area (Å²) in [5, 5.41) is 0. The largest absolute Gasteiger partial charge is 0.494 e. The van der Waals surface area contributed by atoms with Crippen molar-refractivity contribution in [2.24, 2.45) is 0 Å². The summed E-state index contributed by atoms with van der Waals surface area (Å²) < 4.78 is 19.0. The maximum Gasteiger partial charge on any atom is 0.199 e. The molecule has 2 aromatic rings. The molecule has 1 fully saturated rings. The second kappa shape index (κ2) is 9.58. The predicted octanol–water partition coefficient (Wildman–Crippen LogP) is 6.61. The summed E-state index contributed by atoms with van der Waals surface area (Å²) in [6.45, 7) is 3.43. The van der Waals surface area contributed by atoms with Gasteiger partial charge in [-0.05, 0) is 87.0 Å². The first-order valence-electron chi connectivity index (χ1n) is 8.84. The van der Waals surface area contributed by atoms with Gasteiger partial charge in [-0.2, -0.15) is 0 Å². The highest BCUT2D eigenvalue weighted by Crippen LogP contribution is 2.36. The number of rotatable bonds is 6. The lowest BCUT2D eigenvalue weighted by atomic mass is 10.1. The number of halogens is 2. The Morgan fingerprint density at radius 3 is 2.00 bits per heavy atom. The van der Waals surface area contributed by atoms with Crippen molar-refractivity contribution < 1.29 is 14.2 Å². The molecular weight excluding hydrogens is 460 g/mol. The Balaban J connectivity index is 1.71. The van der Waals surface area contributed by atoms with Crippen LogP contribution in [0.5, 0.6) is 11.5 Å². The first-order chi connectivity index (χ1) is 12.7. The third kappa shape index (κ3) is 5.12. The zero-order valence-electron chi connectivity index (χ0n) is 14.7. The van der Waals surface area contributed by atoms with E-state index in [1.807, 2.05) is 55.5 Å². The molecule has 138 valence electrons. The standard InChI is InChI=1S/C21H22Br2O3/c1-2-24-17-10-6-15(7-11-17)20(22)21(23)16-8-12-18(13-9-16)26-19-5-3-4-14-25-19/h6-13,19H,2-5,14H2,1H3. The van der Waals surface area contributed by atoms with E-state index in [9.17, 15) is 0 Å². The van der Waals surface area contributed by atoms with Gasteiger partial charge in [-0.25, -0.2) is 0 Å². The molecule has 1 aliphatic heterocycles. The summed E-state index contributed by atoms with van der Waals surface area (Å²) in [7, 11) is 0. The Hall–Kier alpha value is -1.30. The maximum atomic E-state index is 5.89. The molecule has 0 aliphatic carbocycles. The van der Waals surface area contributed by atoms with Crippen LogP contribution >= 0.6 is 31.9 Å². The van der Waals surface area contributed by atoms with Gasteiger partial charge in [0.25, 0.3) is 0 Å². The molecule has 0 spiro atoms. The maximum absolute atomic E-state index is 5.89. The van der Waals surface area contributed by atoms with E-state index in [0.717, 1.165) is 57.5 Å². The molecule has 0 radical (unpaired) electrons. The quantitative estimate of drug-likeness (QED) is 0.434. The van der Waals surface area contributed by atoms with Crippen LogP contribution in [0.1, 0.15) is 37.3 Å². The van der Waals surface area contributed by atoms with Gasteiger partial charge < -0.3 is 14.2 Å². The molecule has 0 N–H and O–H groups in total. The number of hydrogen-bond acceptors (Lipinski definition) is 3. The average molecular weight is 482 g/mol. The summed E-state index contributed by atoms with van der Waals surface area (Å²) in [5.41, 5.74) is 2.15. The summed E-state index contributed by atoms with van der Waals surface area (Å²) in [4.78, 5) is 0. The van der Waals surface area contributed by atoms with E-state index in [1.165, 1.54) is 0 Å². The Morgan fingerprint density at radius 2 is 1.50 bits per heavy atom. The van der Waals surface area contributed by atoms with Crippen LogP contribution in [0.15, 0.2) is 48.5 Å². The van der Waals surface area contributed by atoms with Crippen molar-refractivity contribution in [3.05, 3.63) is 59.7 Å². The van der Waals surface area contributed by atoms with Gasteiger partial charge >= 0.3 is 0 Å². The van der Waals surface area contributed by atoms with Gasteiger partial charge in [-0.1, -0.05) is 24.3 Å². The molecule has 0 amide bonds. The van der Waals surface area contributed by atoms with Crippen LogP contribution in [0.2, 0.25) is 0 Å². The predicted molar refractivity (Wildman–Crippen MR) is 113 cm³/mol. The minimum absolute atomic E-state index is 0.121. The smallest absolute Gasteiger partial charge is 0.199 e. The molecule has 5 heteroatoms. The molecule has 0 saturated carbocycles. The van der Waals surface area contributed by atoms with Gasteiger partial charge in [-0.15, -0.1) is 0 Å². The Morgan fingerprint density at radius 1 is 0.923 bits per heavy atom. The molecule has 1 saturated heterocycles. The monoisotopic (exact) mass is 480 g/mol. The van der Waals surface area contributed by atoms with E-state index in [1.54, 1.807) is 0 Å². The zero-order chi connectivity index (χ0) is 18.4. The molecule has 3 rings (SSSR count). The van der Waals surface area contributed by atoms with Crippen molar-refractivity contribution in [2.45, 2.75) is 32.5 Å². The molecule has 1 unspecified atom stereocenters. The van der Waals surface area contributed by atoms with Crippen molar-refractivity contribution >= 4 is 40.8 Å². The van der Waals surface area contributed by atoms with Gasteiger partial charge in [0, 0.05) is 15.4 Å². The lowest BCUT2D eigenvalue weighted by Crippen LogP contribution is -2.24. The topological polar surface area (TPSA) is 27.7 Å². The minimum Gasteiger partial charge on any atom is -0.494 e. The van der Waals surface area contributed by atoms with Crippen molar-refractivity contribution in [1.82, 2.24) is 0 Å². The van der Waals surface area contributed by atoms with Gasteiger partial charge in [0.15, 0.2) is 6.29 Å². The van der Waals surface area contributed by atoms with Crippen molar-refractivity contribution in [1.29, 1.82) is 0 Å². The zero-order valence-corrected chi connectivity index (χ0v) is 17.9. The SMILES string of the molecule is CCOc1ccc(C(Br)=C(Br)c2ccc(OC3CCCCO3)cc2)cc1. The summed E-state index contributed by atoms with van der Waals surface area (Å²) in [6, 6.07) is 16.1. The molecule has 0 bridgehead atoms. The third-order valence-electron chi connectivity index (χ3n) is 4.12. The molecule has 1 atom stereocenters. The van der Waals surface area contributed by atoms with E-state index in [4.69, 9.17) is 14.2 Å². The van der Waals surface area contributed by atoms with E-state index in [2.05, 4.69) is 31.9 Å². The number of ether oxygens (including phenoxy) is 3. The van der Waals surface area contributed by atoms with Crippen LogP contribution < -0.4 is 9.47 Å². The minimum atomic E-state index is -0.121. The molecule has 26 heavy (non-hydrogen) atoms. The van der Waals surface area contributed by atoms with Crippen molar-refractivity contribution in [2.75, 3.05) is 13.2 Å². The number of hydrogen-bond donors (Lipinski definition) is 0. The third-order valence-corrected chi connectivity index (χ3v) is 6.37. The average Bonchev–Trinajstić information content (AvgIpc) is 2.69. The molecule has 2 aromatic carbocycles. The fourth-order valence-electron chi connectivity index (χ4n) is 2.75. The highest BCUT2D eigenvalue weighted by atomic mass is 79.9. The van der Waals surface area contributed by atoms with Crippen LogP contribution in [0.3, 0.4) is 0 Å². The van der Waals surface area contributed by atoms with E-state index < -0.39 is 0 Å². The molecule has 1 heterocycles. The van der Waals surface area contributed by atoms with E-state index in [0.29, 0.717) is 6.61 Å². The second-order valence-corrected chi connectivity index (χ2v) is 7.61. The number of benzene rings is 2. The van der Waals surface area contributed by atoms with Gasteiger partial charge in [0.05, 0.1) is 13.2 Å². The van der Waals surface area contributed by atoms with Gasteiger partial charge in [0.2, 0.25) is 0 Å². The molecule has 1 aliphatic rings. The van der Waals surface area contributed by atoms with Gasteiger partial charge in [-0.3, -0.25) is 0 Å². The van der Waals surface area contributed by atoms with Crippen LogP contribution in [0.25, 0.3) is 8.96 Å². The Labute approximate surface area is 171 Å². The normalized spacial score (nSPS) is 18.2. The fraction of sp³-hybridized carbons (Fsp3) is 0.333. The highest BCUT2D eigenvalue weighted by molar-refractivity contribution is 9.18. The van der Waals surface area contributed by atoms with Crippen molar-refractivity contribution in [3.63, 3.8) is 0 Å². The van der Waals surface area contributed by atoms with Crippen LogP contribution in [-0.2, 0) is 4.74 Å². The summed E-state index contributed by atoms with van der Waals surface area (Å²) in [6.07, 6.45) is 3.11. The van der Waals surface area contributed by atoms with Crippen LogP contribution in [0, 0.1) is 0 Å². The van der Waals surface area contributed by atoms with Gasteiger partial charge in [0.1, 0.15) is 11.5 Å². The fourth-order valence-corrected chi connectivity index (χ4v) is 3.74. The lowest BCUT2D eigenvalue weighted by molar-refractivity contribution is -0.105. The molecule has 3 nitrogen and oxygen atoms in total. The van der Waals surface area contributed by atoms with E-state index in [-0.39, 0.29) is 6.29 Å². The van der Waals surface area contributed by atoms with Crippen molar-refractivity contribution in [3.8, 4) is 11.5 Å². The first kappa shape index (κ1) is 19.5. The van der Waals surface area contributed by atoms with E-state index >= 15 is 0 Å². The molecular formula is C21H22Br2O3. The molecule has 0 aromatic heterocycles. The summed E-state index contributed by atoms with van der Waals surface area (Å²) >= 11 is 7.39. The Kier molecular flexibility index (Phi) is 7.17. The summed E-state index contributed by atoms with van der Waals surface area (Å²) in [5.74, 6) is 1.71.